The summed E-state index contributed by atoms with van der Waals surface area (Å²) in [6.07, 6.45) is 4.50. The average molecular weight is 311 g/mol. The van der Waals surface area contributed by atoms with Crippen LogP contribution in [0.1, 0.15) is 40.7 Å². The summed E-state index contributed by atoms with van der Waals surface area (Å²) in [7, 11) is 0. The van der Waals surface area contributed by atoms with Crippen molar-refractivity contribution in [2.75, 3.05) is 5.32 Å². The Balaban J connectivity index is 0.000000572. The Bertz CT molecular complexity index is 718. The molecule has 23 heavy (non-hydrogen) atoms. The van der Waals surface area contributed by atoms with E-state index < -0.39 is 5.97 Å². The van der Waals surface area contributed by atoms with Gasteiger partial charge in [0.2, 0.25) is 0 Å². The van der Waals surface area contributed by atoms with E-state index in [1.165, 1.54) is 25.3 Å². The fourth-order valence-electron chi connectivity index (χ4n) is 1.86. The monoisotopic (exact) mass is 311 g/mol. The van der Waals surface area contributed by atoms with Crippen LogP contribution < -0.4 is 5.32 Å². The molecule has 1 aliphatic rings. The van der Waals surface area contributed by atoms with Crippen molar-refractivity contribution in [2.45, 2.75) is 26.2 Å². The molecular weight excluding hydrogens is 290 g/mol. The maximum Gasteiger partial charge on any atom is 0.337 e. The van der Waals surface area contributed by atoms with Gasteiger partial charge in [-0.05, 0) is 48.4 Å². The van der Waals surface area contributed by atoms with Crippen molar-refractivity contribution in [1.82, 2.24) is 0 Å². The van der Waals surface area contributed by atoms with Gasteiger partial charge in [-0.2, -0.15) is 0 Å². The molecule has 4 nitrogen and oxygen atoms in total. The van der Waals surface area contributed by atoms with Gasteiger partial charge >= 0.3 is 5.97 Å². The number of benzene rings is 2. The van der Waals surface area contributed by atoms with Gasteiger partial charge in [0.15, 0.2) is 0 Å². The van der Waals surface area contributed by atoms with E-state index in [4.69, 9.17) is 5.11 Å². The van der Waals surface area contributed by atoms with Crippen LogP contribution in [0.15, 0.2) is 49.0 Å². The molecule has 0 spiro atoms. The topological polar surface area (TPSA) is 69.6 Å². The number of nitrogens with one attached hydrogen (secondary N) is 1. The first-order valence-corrected chi connectivity index (χ1v) is 7.57. The second-order valence-electron chi connectivity index (χ2n) is 5.52. The quantitative estimate of drug-likeness (QED) is 0.768. The number of carbonyl (C=O) groups is 1. The van der Waals surface area contributed by atoms with Crippen molar-refractivity contribution in [2.24, 2.45) is 0 Å². The van der Waals surface area contributed by atoms with E-state index in [1.807, 2.05) is 0 Å². The summed E-state index contributed by atoms with van der Waals surface area (Å²) in [5, 5.41) is 21.6. The lowest BCUT2D eigenvalue weighted by Gasteiger charge is -2.13. The summed E-state index contributed by atoms with van der Waals surface area (Å²) in [4.78, 5) is 11.1. The van der Waals surface area contributed by atoms with Crippen LogP contribution in [0, 0.1) is 6.92 Å². The highest BCUT2D eigenvalue weighted by Gasteiger charge is 2.10. The number of carboxylic acids is 1. The number of aromatic hydroxyl groups is 1. The fraction of sp³-hybridized carbons (Fsp3) is 0.211. The molecule has 3 N–H and O–H groups in total. The molecule has 4 heteroatoms. The van der Waals surface area contributed by atoms with Crippen molar-refractivity contribution < 1.29 is 15.0 Å². The standard InChI is InChI=1S/C16H15NO3.C3H6/c1-10-9-12(7-8-15(10)18)11(2)17-14-6-4-3-5-13(14)16(19)20;1-2-3-1/h3-9,17-18H,2H2,1H3,(H,19,20);1-3H2. The molecule has 0 amide bonds. The number of phenolic OH excluding ortho intramolecular Hbond substituents is 1. The molecule has 0 aromatic heterocycles. The molecule has 2 aromatic rings. The Labute approximate surface area is 136 Å². The van der Waals surface area contributed by atoms with Gasteiger partial charge in [0.05, 0.1) is 11.3 Å². The van der Waals surface area contributed by atoms with Crippen molar-refractivity contribution in [3.8, 4) is 5.75 Å². The Morgan fingerprint density at radius 3 is 2.35 bits per heavy atom. The fourth-order valence-corrected chi connectivity index (χ4v) is 1.86. The molecule has 1 fully saturated rings. The van der Waals surface area contributed by atoms with Crippen LogP contribution in [-0.4, -0.2) is 16.2 Å². The number of para-hydroxylation sites is 1. The lowest BCUT2D eigenvalue weighted by Crippen LogP contribution is -2.05. The molecule has 0 aliphatic heterocycles. The summed E-state index contributed by atoms with van der Waals surface area (Å²) in [5.74, 6) is -0.782. The molecule has 1 aliphatic carbocycles. The van der Waals surface area contributed by atoms with Gasteiger partial charge in [0.25, 0.3) is 0 Å². The van der Waals surface area contributed by atoms with E-state index in [0.717, 1.165) is 11.1 Å². The zero-order valence-electron chi connectivity index (χ0n) is 13.2. The van der Waals surface area contributed by atoms with Crippen LogP contribution in [0.4, 0.5) is 5.69 Å². The van der Waals surface area contributed by atoms with Gasteiger partial charge < -0.3 is 15.5 Å². The number of hydrogen-bond acceptors (Lipinski definition) is 3. The van der Waals surface area contributed by atoms with E-state index in [9.17, 15) is 9.90 Å². The number of anilines is 1. The number of aryl methyl sites for hydroxylation is 1. The second-order valence-corrected chi connectivity index (χ2v) is 5.52. The molecule has 0 unspecified atom stereocenters. The van der Waals surface area contributed by atoms with Crippen molar-refractivity contribution >= 4 is 17.4 Å². The molecular formula is C19H21NO3. The Kier molecular flexibility index (Phi) is 5.41. The minimum Gasteiger partial charge on any atom is -0.508 e. The van der Waals surface area contributed by atoms with Gasteiger partial charge in [0.1, 0.15) is 5.75 Å². The molecule has 0 saturated heterocycles. The van der Waals surface area contributed by atoms with Crippen LogP contribution in [0.25, 0.3) is 5.70 Å². The molecule has 0 radical (unpaired) electrons. The van der Waals surface area contributed by atoms with Gasteiger partial charge in [-0.25, -0.2) is 4.79 Å². The molecule has 2 aromatic carbocycles. The van der Waals surface area contributed by atoms with Crippen molar-refractivity contribution in [3.63, 3.8) is 0 Å². The first-order chi connectivity index (χ1) is 11.0. The third kappa shape index (κ3) is 4.88. The molecule has 0 bridgehead atoms. The van der Waals surface area contributed by atoms with Gasteiger partial charge in [-0.1, -0.05) is 38.0 Å². The number of phenols is 1. The zero-order chi connectivity index (χ0) is 16.8. The van der Waals surface area contributed by atoms with Crippen LogP contribution in [0.5, 0.6) is 5.75 Å². The first-order valence-electron chi connectivity index (χ1n) is 7.57. The summed E-state index contributed by atoms with van der Waals surface area (Å²) in [5.41, 5.74) is 2.76. The van der Waals surface area contributed by atoms with E-state index in [1.54, 1.807) is 43.3 Å². The van der Waals surface area contributed by atoms with Crippen molar-refractivity contribution in [1.29, 1.82) is 0 Å². The average Bonchev–Trinajstić information content (AvgIpc) is 3.39. The van der Waals surface area contributed by atoms with Crippen LogP contribution in [-0.2, 0) is 0 Å². The molecule has 0 heterocycles. The minimum absolute atomic E-state index is 0.184. The van der Waals surface area contributed by atoms with E-state index in [0.29, 0.717) is 11.4 Å². The first kappa shape index (κ1) is 16.6. The van der Waals surface area contributed by atoms with Gasteiger partial charge in [0, 0.05) is 5.70 Å². The molecule has 1 saturated carbocycles. The number of carboxylic acid groups (broad SMARTS) is 1. The maximum atomic E-state index is 11.1. The lowest BCUT2D eigenvalue weighted by atomic mass is 10.1. The minimum atomic E-state index is -0.997. The summed E-state index contributed by atoms with van der Waals surface area (Å²) >= 11 is 0. The van der Waals surface area contributed by atoms with Crippen LogP contribution in [0.3, 0.4) is 0 Å². The van der Waals surface area contributed by atoms with E-state index >= 15 is 0 Å². The smallest absolute Gasteiger partial charge is 0.337 e. The highest BCUT2D eigenvalue weighted by Crippen LogP contribution is 2.24. The SMILES string of the molecule is C1CC1.C=C(Nc1ccccc1C(=O)O)c1ccc(O)c(C)c1. The molecule has 0 atom stereocenters. The zero-order valence-corrected chi connectivity index (χ0v) is 13.2. The Morgan fingerprint density at radius 1 is 1.13 bits per heavy atom. The Morgan fingerprint density at radius 2 is 1.78 bits per heavy atom. The highest BCUT2D eigenvalue weighted by molar-refractivity contribution is 5.96. The summed E-state index contributed by atoms with van der Waals surface area (Å²) in [6, 6.07) is 11.7. The van der Waals surface area contributed by atoms with Crippen LogP contribution >= 0.6 is 0 Å². The van der Waals surface area contributed by atoms with Crippen LogP contribution in [0.2, 0.25) is 0 Å². The summed E-state index contributed by atoms with van der Waals surface area (Å²) in [6.45, 7) is 5.69. The highest BCUT2D eigenvalue weighted by atomic mass is 16.4. The normalized spacial score (nSPS) is 11.9. The van der Waals surface area contributed by atoms with Gasteiger partial charge in [-0.3, -0.25) is 0 Å². The summed E-state index contributed by atoms with van der Waals surface area (Å²) < 4.78 is 0. The predicted octanol–water partition coefficient (Wildman–Crippen LogP) is 4.65. The maximum absolute atomic E-state index is 11.1. The predicted molar refractivity (Wildman–Crippen MR) is 92.8 cm³/mol. The van der Waals surface area contributed by atoms with E-state index in [2.05, 4.69) is 11.9 Å². The third-order valence-corrected chi connectivity index (χ3v) is 3.34. The third-order valence-electron chi connectivity index (χ3n) is 3.34. The molecule has 120 valence electrons. The van der Waals surface area contributed by atoms with Crippen molar-refractivity contribution in [3.05, 3.63) is 65.7 Å². The number of rotatable bonds is 4. The van der Waals surface area contributed by atoms with Gasteiger partial charge in [-0.15, -0.1) is 0 Å². The lowest BCUT2D eigenvalue weighted by molar-refractivity contribution is 0.0698. The second kappa shape index (κ2) is 7.49. The molecule has 3 rings (SSSR count). The van der Waals surface area contributed by atoms with E-state index in [-0.39, 0.29) is 11.3 Å². The largest absolute Gasteiger partial charge is 0.508 e. The number of hydrogen-bond donors (Lipinski definition) is 3. The number of aromatic carboxylic acids is 1. The Hall–Kier alpha value is -2.75.